The second-order valence-corrected chi connectivity index (χ2v) is 13.8. The first-order chi connectivity index (χ1) is 17.2. The Kier molecular flexibility index (Phi) is 5.93. The summed E-state index contributed by atoms with van der Waals surface area (Å²) in [6, 6.07) is 0. The van der Waals surface area contributed by atoms with Crippen molar-refractivity contribution < 1.29 is 34.4 Å². The van der Waals surface area contributed by atoms with Crippen LogP contribution in [0, 0.1) is 38.9 Å². The number of ether oxygens (including phenoxy) is 2. The average molecular weight is 517 g/mol. The van der Waals surface area contributed by atoms with Crippen LogP contribution >= 0.6 is 0 Å². The fourth-order valence-electron chi connectivity index (χ4n) is 10.4. The number of aliphatic hydroxyl groups is 3. The molecular formula is C30H44O7. The molecule has 3 saturated carbocycles. The highest BCUT2D eigenvalue weighted by Gasteiger charge is 2.80. The molecule has 3 unspecified atom stereocenters. The van der Waals surface area contributed by atoms with Gasteiger partial charge in [-0.2, -0.15) is 0 Å². The van der Waals surface area contributed by atoms with Gasteiger partial charge in [-0.05, 0) is 81.5 Å². The highest BCUT2D eigenvalue weighted by atomic mass is 16.5. The molecule has 1 aliphatic heterocycles. The molecule has 5 aliphatic rings. The fraction of sp³-hybridized carbons (Fsp3) is 0.800. The van der Waals surface area contributed by atoms with Crippen molar-refractivity contribution >= 4 is 11.9 Å². The van der Waals surface area contributed by atoms with Crippen LogP contribution in [0.4, 0.5) is 0 Å². The van der Waals surface area contributed by atoms with E-state index in [0.717, 1.165) is 12.0 Å². The van der Waals surface area contributed by atoms with Crippen molar-refractivity contribution in [3.8, 4) is 0 Å². The molecule has 3 fully saturated rings. The van der Waals surface area contributed by atoms with E-state index in [9.17, 15) is 24.9 Å². The number of carbonyl (C=O) groups is 2. The molecule has 10 atom stereocenters. The molecule has 0 saturated heterocycles. The average Bonchev–Trinajstić information content (AvgIpc) is 3.00. The number of rotatable bonds is 2. The summed E-state index contributed by atoms with van der Waals surface area (Å²) in [5, 5.41) is 35.9. The molecule has 0 aromatic rings. The molecule has 7 heteroatoms. The van der Waals surface area contributed by atoms with E-state index in [4.69, 9.17) is 9.47 Å². The number of hydrogen-bond acceptors (Lipinski definition) is 7. The SMILES string of the molecule is COC(=O)[C@@]12CC[C@@]3(C)C4C=CC(=O)OC[C@]4(C(C)O)C[C@@H](O)C3[C@@]1(C)CC[C@@]1(C)CC=C(C)C[C@]12O. The molecule has 1 heterocycles. The zero-order valence-corrected chi connectivity index (χ0v) is 23.2. The lowest BCUT2D eigenvalue weighted by Gasteiger charge is -2.75. The van der Waals surface area contributed by atoms with Crippen molar-refractivity contribution in [3.63, 3.8) is 0 Å². The van der Waals surface area contributed by atoms with Crippen molar-refractivity contribution in [2.75, 3.05) is 13.7 Å². The number of allylic oxidation sites excluding steroid dienone is 2. The minimum atomic E-state index is -1.32. The monoisotopic (exact) mass is 516 g/mol. The normalized spacial score (nSPS) is 51.8. The summed E-state index contributed by atoms with van der Waals surface area (Å²) in [4.78, 5) is 26.4. The summed E-state index contributed by atoms with van der Waals surface area (Å²) >= 11 is 0. The molecule has 0 amide bonds. The van der Waals surface area contributed by atoms with Gasteiger partial charge < -0.3 is 24.8 Å². The minimum absolute atomic E-state index is 0.0331. The van der Waals surface area contributed by atoms with E-state index >= 15 is 0 Å². The molecule has 0 aromatic heterocycles. The maximum atomic E-state index is 14.1. The number of hydrogen-bond donors (Lipinski definition) is 3. The third kappa shape index (κ3) is 3.05. The van der Waals surface area contributed by atoms with Gasteiger partial charge in [-0.3, -0.25) is 4.79 Å². The number of aliphatic hydroxyl groups excluding tert-OH is 2. The third-order valence-electron chi connectivity index (χ3n) is 12.3. The maximum Gasteiger partial charge on any atom is 0.330 e. The third-order valence-corrected chi connectivity index (χ3v) is 12.3. The predicted molar refractivity (Wildman–Crippen MR) is 137 cm³/mol. The van der Waals surface area contributed by atoms with E-state index in [2.05, 4.69) is 26.8 Å². The lowest BCUT2D eigenvalue weighted by molar-refractivity contribution is -0.318. The van der Waals surface area contributed by atoms with Crippen LogP contribution in [0.1, 0.15) is 79.6 Å². The Labute approximate surface area is 220 Å². The van der Waals surface area contributed by atoms with E-state index in [1.165, 1.54) is 13.2 Å². The summed E-state index contributed by atoms with van der Waals surface area (Å²) in [5.74, 6) is -1.44. The second-order valence-electron chi connectivity index (χ2n) is 13.8. The highest BCUT2D eigenvalue weighted by molar-refractivity contribution is 5.82. The van der Waals surface area contributed by atoms with E-state index in [1.807, 2.05) is 13.0 Å². The van der Waals surface area contributed by atoms with Gasteiger partial charge in [0.15, 0.2) is 0 Å². The molecule has 0 radical (unpaired) electrons. The molecular weight excluding hydrogens is 472 g/mol. The molecule has 37 heavy (non-hydrogen) atoms. The lowest BCUT2D eigenvalue weighted by Crippen LogP contribution is -2.78. The molecule has 0 spiro atoms. The van der Waals surface area contributed by atoms with Crippen LogP contribution in [0.2, 0.25) is 0 Å². The van der Waals surface area contributed by atoms with Crippen LogP contribution in [-0.2, 0) is 19.1 Å². The van der Waals surface area contributed by atoms with E-state index in [0.29, 0.717) is 32.1 Å². The van der Waals surface area contributed by atoms with Crippen LogP contribution in [0.3, 0.4) is 0 Å². The van der Waals surface area contributed by atoms with Crippen LogP contribution in [0.15, 0.2) is 23.8 Å². The molecule has 3 N–H and O–H groups in total. The maximum absolute atomic E-state index is 14.1. The smallest absolute Gasteiger partial charge is 0.330 e. The van der Waals surface area contributed by atoms with Crippen LogP contribution in [-0.4, -0.2) is 58.8 Å². The Hall–Kier alpha value is -1.70. The van der Waals surface area contributed by atoms with Crippen molar-refractivity contribution in [3.05, 3.63) is 23.8 Å². The van der Waals surface area contributed by atoms with Crippen molar-refractivity contribution in [2.24, 2.45) is 38.9 Å². The van der Waals surface area contributed by atoms with Gasteiger partial charge in [-0.25, -0.2) is 4.79 Å². The minimum Gasteiger partial charge on any atom is -0.468 e. The fourth-order valence-corrected chi connectivity index (χ4v) is 10.4. The zero-order chi connectivity index (χ0) is 27.2. The Balaban J connectivity index is 1.73. The lowest BCUT2D eigenvalue weighted by atomic mass is 9.29. The summed E-state index contributed by atoms with van der Waals surface area (Å²) in [6.07, 6.45) is 7.54. The summed E-state index contributed by atoms with van der Waals surface area (Å²) in [6.45, 7) is 10.1. The van der Waals surface area contributed by atoms with Gasteiger partial charge >= 0.3 is 11.9 Å². The summed E-state index contributed by atoms with van der Waals surface area (Å²) in [5.41, 5.74) is -4.09. The molecule has 7 nitrogen and oxygen atoms in total. The summed E-state index contributed by atoms with van der Waals surface area (Å²) < 4.78 is 11.0. The van der Waals surface area contributed by atoms with Gasteiger partial charge in [0.05, 0.1) is 24.9 Å². The van der Waals surface area contributed by atoms with Gasteiger partial charge in [-0.1, -0.05) is 38.5 Å². The first kappa shape index (κ1) is 26.9. The number of methoxy groups -OCH3 is 1. The van der Waals surface area contributed by atoms with Gasteiger partial charge in [0.1, 0.15) is 12.0 Å². The predicted octanol–water partition coefficient (Wildman–Crippen LogP) is 3.70. The molecule has 4 aliphatic carbocycles. The molecule has 0 aromatic carbocycles. The Bertz CT molecular complexity index is 1060. The van der Waals surface area contributed by atoms with Gasteiger partial charge in [0.2, 0.25) is 0 Å². The number of esters is 2. The van der Waals surface area contributed by atoms with Crippen molar-refractivity contribution in [2.45, 2.75) is 97.4 Å². The van der Waals surface area contributed by atoms with Crippen LogP contribution < -0.4 is 0 Å². The zero-order valence-electron chi connectivity index (χ0n) is 23.2. The molecule has 5 rings (SSSR count). The standard InChI is InChI=1S/C30H44O7/c1-18-9-10-25(3)11-13-27(5)23-20(32)16-28(19(2)31)17-37-22(33)8-7-21(28)26(23,4)12-14-29(27,24(34)36-6)30(25,35)15-18/h7-9,19-21,23,31-32,35H,10-17H2,1-6H3/t19?,20-,21?,23?,25-,26+,27-,28+,29+,30+/m1/s1. The highest BCUT2D eigenvalue weighted by Crippen LogP contribution is 2.78. The number of cyclic esters (lactones) is 1. The largest absolute Gasteiger partial charge is 0.468 e. The number of carbonyl (C=O) groups excluding carboxylic acids is 2. The topological polar surface area (TPSA) is 113 Å². The first-order valence-corrected chi connectivity index (χ1v) is 13.8. The quantitative estimate of drug-likeness (QED) is 0.379. The second kappa shape index (κ2) is 8.15. The Morgan fingerprint density at radius 3 is 2.54 bits per heavy atom. The van der Waals surface area contributed by atoms with Gasteiger partial charge in [0.25, 0.3) is 0 Å². The van der Waals surface area contributed by atoms with Crippen LogP contribution in [0.5, 0.6) is 0 Å². The van der Waals surface area contributed by atoms with E-state index in [-0.39, 0.29) is 24.9 Å². The number of fused-ring (bicyclic) bond motifs is 7. The van der Waals surface area contributed by atoms with E-state index in [1.54, 1.807) is 6.92 Å². The van der Waals surface area contributed by atoms with Crippen molar-refractivity contribution in [1.29, 1.82) is 0 Å². The van der Waals surface area contributed by atoms with Crippen LogP contribution in [0.25, 0.3) is 0 Å². The van der Waals surface area contributed by atoms with Gasteiger partial charge in [0, 0.05) is 16.9 Å². The molecule has 206 valence electrons. The first-order valence-electron chi connectivity index (χ1n) is 13.8. The Morgan fingerprint density at radius 2 is 1.89 bits per heavy atom. The van der Waals surface area contributed by atoms with Gasteiger partial charge in [-0.15, -0.1) is 0 Å². The molecule has 0 bridgehead atoms. The van der Waals surface area contributed by atoms with E-state index < -0.39 is 56.8 Å². The Morgan fingerprint density at radius 1 is 1.19 bits per heavy atom. The van der Waals surface area contributed by atoms with Crippen molar-refractivity contribution in [1.82, 2.24) is 0 Å². The summed E-state index contributed by atoms with van der Waals surface area (Å²) in [7, 11) is 1.40.